The van der Waals surface area contributed by atoms with Crippen LogP contribution in [0, 0.1) is 0 Å². The van der Waals surface area contributed by atoms with Crippen LogP contribution in [0.3, 0.4) is 0 Å². The maximum Gasteiger partial charge on any atom is 0.328 e. The quantitative estimate of drug-likeness (QED) is 0.839. The van der Waals surface area contributed by atoms with E-state index in [4.69, 9.17) is 14.4 Å². The van der Waals surface area contributed by atoms with Crippen molar-refractivity contribution in [1.29, 1.82) is 0 Å². The second kappa shape index (κ2) is 7.54. The highest BCUT2D eigenvalue weighted by Gasteiger charge is 2.32. The van der Waals surface area contributed by atoms with Gasteiger partial charge in [-0.2, -0.15) is 4.98 Å². The number of thiophene rings is 1. The summed E-state index contributed by atoms with van der Waals surface area (Å²) >= 11 is 1.53. The lowest BCUT2D eigenvalue weighted by molar-refractivity contribution is -0.158. The van der Waals surface area contributed by atoms with Crippen LogP contribution in [0.5, 0.6) is 0 Å². The Balaban J connectivity index is 1.50. The van der Waals surface area contributed by atoms with E-state index in [9.17, 15) is 9.59 Å². The van der Waals surface area contributed by atoms with E-state index in [0.717, 1.165) is 4.88 Å². The summed E-state index contributed by atoms with van der Waals surface area (Å²) in [5, 5.41) is 15.0. The topological polar surface area (TPSA) is 106 Å². The molecule has 0 aromatic carbocycles. The van der Waals surface area contributed by atoms with Crippen molar-refractivity contribution < 1.29 is 24.0 Å². The number of nitrogens with zero attached hydrogens (tertiary/aromatic N) is 3. The van der Waals surface area contributed by atoms with Gasteiger partial charge in [-0.3, -0.25) is 4.79 Å². The third-order valence-corrected chi connectivity index (χ3v) is 4.59. The fourth-order valence-electron chi connectivity index (χ4n) is 2.50. The summed E-state index contributed by atoms with van der Waals surface area (Å²) in [5.74, 6) is -0.211. The zero-order chi connectivity index (χ0) is 16.9. The molecule has 1 atom stereocenters. The Hall–Kier alpha value is -2.26. The van der Waals surface area contributed by atoms with E-state index in [1.807, 2.05) is 17.5 Å². The molecule has 1 fully saturated rings. The van der Waals surface area contributed by atoms with Crippen LogP contribution in [-0.2, 0) is 20.7 Å². The number of hydrogen-bond acceptors (Lipinski definition) is 7. The Morgan fingerprint density at radius 3 is 3.08 bits per heavy atom. The molecule has 0 saturated carbocycles. The van der Waals surface area contributed by atoms with Crippen molar-refractivity contribution in [2.45, 2.75) is 25.3 Å². The molecule has 3 heterocycles. The van der Waals surface area contributed by atoms with Gasteiger partial charge >= 0.3 is 5.97 Å². The van der Waals surface area contributed by atoms with Crippen LogP contribution < -0.4 is 0 Å². The van der Waals surface area contributed by atoms with E-state index >= 15 is 0 Å². The average molecular weight is 351 g/mol. The van der Waals surface area contributed by atoms with Crippen molar-refractivity contribution in [1.82, 2.24) is 15.0 Å². The van der Waals surface area contributed by atoms with Crippen molar-refractivity contribution in [3.63, 3.8) is 0 Å². The van der Waals surface area contributed by atoms with Gasteiger partial charge in [0.1, 0.15) is 0 Å². The molecule has 8 nitrogen and oxygen atoms in total. The number of amides is 1. The summed E-state index contributed by atoms with van der Waals surface area (Å²) < 4.78 is 10.3. The molecule has 0 bridgehead atoms. The van der Waals surface area contributed by atoms with Gasteiger partial charge in [-0.05, 0) is 17.9 Å². The van der Waals surface area contributed by atoms with Crippen LogP contribution in [0.2, 0.25) is 0 Å². The molecule has 128 valence electrons. The zero-order valence-electron chi connectivity index (χ0n) is 12.9. The van der Waals surface area contributed by atoms with Gasteiger partial charge in [0.15, 0.2) is 6.04 Å². The third-order valence-electron chi connectivity index (χ3n) is 3.72. The largest absolute Gasteiger partial charge is 0.480 e. The highest BCUT2D eigenvalue weighted by molar-refractivity contribution is 7.13. The van der Waals surface area contributed by atoms with Gasteiger partial charge in [-0.1, -0.05) is 11.2 Å². The van der Waals surface area contributed by atoms with E-state index in [1.165, 1.54) is 16.2 Å². The monoisotopic (exact) mass is 351 g/mol. The molecule has 1 amide bonds. The van der Waals surface area contributed by atoms with Crippen LogP contribution in [-0.4, -0.2) is 57.8 Å². The number of aromatic nitrogens is 2. The molecule has 1 N–H and O–H groups in total. The lowest BCUT2D eigenvalue weighted by Gasteiger charge is -2.32. The van der Waals surface area contributed by atoms with Gasteiger partial charge in [0.2, 0.25) is 17.6 Å². The Morgan fingerprint density at radius 2 is 2.33 bits per heavy atom. The Morgan fingerprint density at radius 1 is 1.46 bits per heavy atom. The molecule has 1 saturated heterocycles. The zero-order valence-corrected chi connectivity index (χ0v) is 13.7. The van der Waals surface area contributed by atoms with Crippen molar-refractivity contribution in [3.8, 4) is 10.7 Å². The second-order valence-electron chi connectivity index (χ2n) is 5.36. The normalized spacial score (nSPS) is 17.8. The van der Waals surface area contributed by atoms with Crippen LogP contribution in [0.4, 0.5) is 0 Å². The smallest absolute Gasteiger partial charge is 0.328 e. The van der Waals surface area contributed by atoms with E-state index in [2.05, 4.69) is 10.1 Å². The van der Waals surface area contributed by atoms with Gasteiger partial charge in [-0.25, -0.2) is 4.79 Å². The second-order valence-corrected chi connectivity index (χ2v) is 6.31. The summed E-state index contributed by atoms with van der Waals surface area (Å²) in [6.45, 7) is 0.705. The molecular weight excluding hydrogens is 334 g/mol. The highest BCUT2D eigenvalue weighted by atomic mass is 32.1. The average Bonchev–Trinajstić information content (AvgIpc) is 3.26. The van der Waals surface area contributed by atoms with Crippen molar-refractivity contribution >= 4 is 23.2 Å². The van der Waals surface area contributed by atoms with Crippen LogP contribution in [0.1, 0.15) is 18.7 Å². The molecule has 2 aromatic heterocycles. The lowest BCUT2D eigenvalue weighted by atomic mass is 10.1. The van der Waals surface area contributed by atoms with E-state index in [0.29, 0.717) is 37.7 Å². The summed E-state index contributed by atoms with van der Waals surface area (Å²) in [7, 11) is 0. The number of ether oxygens (including phenoxy) is 1. The van der Waals surface area contributed by atoms with E-state index < -0.39 is 12.0 Å². The first-order chi connectivity index (χ1) is 11.6. The number of aryl methyl sites for hydroxylation is 1. The fourth-order valence-corrected chi connectivity index (χ4v) is 3.15. The fraction of sp³-hybridized carbons (Fsp3) is 0.467. The first-order valence-electron chi connectivity index (χ1n) is 7.61. The summed E-state index contributed by atoms with van der Waals surface area (Å²) in [4.78, 5) is 30.0. The number of morpholine rings is 1. The molecule has 1 aliphatic heterocycles. The van der Waals surface area contributed by atoms with Gasteiger partial charge in [0.25, 0.3) is 0 Å². The molecule has 0 unspecified atom stereocenters. The molecule has 24 heavy (non-hydrogen) atoms. The number of carboxylic acid groups (broad SMARTS) is 1. The summed E-state index contributed by atoms with van der Waals surface area (Å²) in [5.41, 5.74) is 0. The number of hydrogen-bond donors (Lipinski definition) is 1. The molecule has 0 spiro atoms. The van der Waals surface area contributed by atoms with Crippen molar-refractivity contribution in [2.24, 2.45) is 0 Å². The van der Waals surface area contributed by atoms with Crippen molar-refractivity contribution in [3.05, 3.63) is 23.4 Å². The molecule has 0 radical (unpaired) electrons. The number of carbonyl (C=O) groups excluding carboxylic acids is 1. The summed E-state index contributed by atoms with van der Waals surface area (Å²) in [6, 6.07) is 2.92. The molecular formula is C15H17N3O5S. The van der Waals surface area contributed by atoms with Crippen LogP contribution in [0.15, 0.2) is 22.0 Å². The van der Waals surface area contributed by atoms with Gasteiger partial charge in [0.05, 0.1) is 18.1 Å². The summed E-state index contributed by atoms with van der Waals surface area (Å²) in [6.07, 6.45) is 1.24. The van der Waals surface area contributed by atoms with Crippen molar-refractivity contribution in [2.75, 3.05) is 19.8 Å². The maximum absolute atomic E-state index is 12.2. The highest BCUT2D eigenvalue weighted by Crippen LogP contribution is 2.21. The van der Waals surface area contributed by atoms with E-state index in [-0.39, 0.29) is 18.9 Å². The number of aliphatic carboxylic acids is 1. The lowest BCUT2D eigenvalue weighted by Crippen LogP contribution is -2.52. The Kier molecular flexibility index (Phi) is 5.21. The third kappa shape index (κ3) is 3.80. The molecule has 1 aliphatic rings. The standard InChI is InChI=1S/C15H17N3O5S/c19-13(18-6-7-22-9-10(18)15(20)21)5-1-4-12-16-14(17-23-12)11-3-2-8-24-11/h2-3,8,10H,1,4-7,9H2,(H,20,21)/t10-/m1/s1. The predicted molar refractivity (Wildman–Crippen MR) is 84.5 cm³/mol. The van der Waals surface area contributed by atoms with E-state index in [1.54, 1.807) is 0 Å². The number of carbonyl (C=O) groups is 2. The molecule has 0 aliphatic carbocycles. The van der Waals surface area contributed by atoms with Gasteiger partial charge in [-0.15, -0.1) is 11.3 Å². The molecule has 2 aromatic rings. The Bertz CT molecular complexity index is 700. The maximum atomic E-state index is 12.2. The minimum atomic E-state index is -1.04. The first-order valence-corrected chi connectivity index (χ1v) is 8.49. The Labute approximate surface area is 142 Å². The van der Waals surface area contributed by atoms with Gasteiger partial charge < -0.3 is 19.3 Å². The molecule has 9 heteroatoms. The van der Waals surface area contributed by atoms with Crippen LogP contribution in [0.25, 0.3) is 10.7 Å². The predicted octanol–water partition coefficient (Wildman–Crippen LogP) is 1.43. The number of rotatable bonds is 6. The van der Waals surface area contributed by atoms with Gasteiger partial charge in [0, 0.05) is 19.4 Å². The minimum Gasteiger partial charge on any atom is -0.480 e. The first kappa shape index (κ1) is 16.6. The minimum absolute atomic E-state index is 0.0366. The SMILES string of the molecule is O=C(O)[C@H]1COCCN1C(=O)CCCc1nc(-c2cccs2)no1. The molecule has 3 rings (SSSR count). The van der Waals surface area contributed by atoms with Crippen LogP contribution >= 0.6 is 11.3 Å². The number of carboxylic acids is 1.